The monoisotopic (exact) mass is 413 g/mol. The zero-order valence-electron chi connectivity index (χ0n) is 6.89. The number of nitrogens with zero attached hydrogens (tertiary/aromatic N) is 1. The zero-order valence-corrected chi connectivity index (χ0v) is 9.29. The summed E-state index contributed by atoms with van der Waals surface area (Å²) in [7, 11) is 0. The molecule has 4 nitrogen and oxygen atoms in total. The van der Waals surface area contributed by atoms with Crippen LogP contribution in [0.25, 0.3) is 0 Å². The molecule has 0 bridgehead atoms. The minimum absolute atomic E-state index is 0. The Bertz CT molecular complexity index is 117. The molecule has 1 fully saturated rings. The molecule has 12 heavy (non-hydrogen) atoms. The molecule has 0 aromatic heterocycles. The maximum atomic E-state index is 9.78. The van der Waals surface area contributed by atoms with Gasteiger partial charge in [-0.2, -0.15) is 6.41 Å². The summed E-state index contributed by atoms with van der Waals surface area (Å²) in [6.07, 6.45) is 1.66. The van der Waals surface area contributed by atoms with Gasteiger partial charge < -0.3 is 15.4 Å². The van der Waals surface area contributed by atoms with Crippen molar-refractivity contribution < 1.29 is 4.79 Å². The molecule has 0 saturated carbocycles. The van der Waals surface area contributed by atoms with Gasteiger partial charge in [0, 0.05) is 32.7 Å². The molecule has 1 aliphatic heterocycles. The van der Waals surface area contributed by atoms with Gasteiger partial charge in [0.25, 0.3) is 0 Å². The number of hydrogen-bond acceptors (Lipinski definition) is 3. The van der Waals surface area contributed by atoms with Crippen LogP contribution in [-0.2, 0) is 4.79 Å². The quantitative estimate of drug-likeness (QED) is 0.337. The SMILES string of the molecule is O=[C-]NCCN1CCNCC1.[Fm]. The van der Waals surface area contributed by atoms with Crippen LogP contribution in [0.15, 0.2) is 0 Å². The summed E-state index contributed by atoms with van der Waals surface area (Å²) in [5.74, 6) is 0. The second-order valence-corrected chi connectivity index (χ2v) is 2.62. The van der Waals surface area contributed by atoms with Crippen molar-refractivity contribution in [1.29, 1.82) is 0 Å². The normalized spacial score (nSPS) is 18.0. The number of piperazine rings is 1. The van der Waals surface area contributed by atoms with Crippen LogP contribution in [0.4, 0.5) is 0 Å². The van der Waals surface area contributed by atoms with Crippen LogP contribution in [0, 0.1) is 0 Å². The first kappa shape index (κ1) is 10.4. The van der Waals surface area contributed by atoms with Gasteiger partial charge in [-0.05, 0) is 6.54 Å². The molecule has 0 atom stereocenters. The molecular formula is C7H14FmN3O-. The minimum atomic E-state index is 0. The van der Waals surface area contributed by atoms with E-state index in [9.17, 15) is 4.79 Å². The average Bonchev–Trinajstić information content (AvgIpc) is 2.07. The summed E-state index contributed by atoms with van der Waals surface area (Å²) in [4.78, 5) is 12.1. The van der Waals surface area contributed by atoms with Crippen molar-refractivity contribution in [1.82, 2.24) is 15.5 Å². The summed E-state index contributed by atoms with van der Waals surface area (Å²) >= 11 is 0. The van der Waals surface area contributed by atoms with Gasteiger partial charge in [-0.1, -0.05) is 0 Å². The van der Waals surface area contributed by atoms with Gasteiger partial charge in [-0.25, -0.2) is 0 Å². The molecule has 1 heterocycles. The number of rotatable bonds is 4. The van der Waals surface area contributed by atoms with Crippen LogP contribution >= 0.6 is 0 Å². The molecule has 0 aromatic carbocycles. The number of nitrogens with one attached hydrogen (secondary N) is 2. The summed E-state index contributed by atoms with van der Waals surface area (Å²) in [5, 5.41) is 5.79. The molecule has 1 rings (SSSR count). The fraction of sp³-hybridized carbons (Fsp3) is 0.857. The molecular weight excluding hydrogens is 399 g/mol. The molecule has 1 amide bonds. The van der Waals surface area contributed by atoms with Crippen LogP contribution in [0.3, 0.4) is 0 Å². The molecule has 0 aliphatic carbocycles. The Morgan fingerprint density at radius 2 is 2.08 bits per heavy atom. The van der Waals surface area contributed by atoms with E-state index >= 15 is 0 Å². The third-order valence-electron chi connectivity index (χ3n) is 1.83. The van der Waals surface area contributed by atoms with Crippen molar-refractivity contribution in [3.05, 3.63) is 0 Å². The second-order valence-electron chi connectivity index (χ2n) is 2.62. The molecule has 5 heteroatoms. The Labute approximate surface area is 66.9 Å². The van der Waals surface area contributed by atoms with Gasteiger partial charge >= 0.3 is 0 Å². The van der Waals surface area contributed by atoms with E-state index < -0.39 is 0 Å². The standard InChI is InChI=1S/C7H14N3O.Fm/c11-7-9-3-6-10-4-1-8-2-5-10;/h8H,1-6H2,(H,9,11);/q-1;. The van der Waals surface area contributed by atoms with Gasteiger partial charge in [0.2, 0.25) is 0 Å². The molecule has 0 aromatic rings. The van der Waals surface area contributed by atoms with Gasteiger partial charge in [0.15, 0.2) is 0 Å². The third-order valence-corrected chi connectivity index (χ3v) is 1.83. The van der Waals surface area contributed by atoms with Crippen LogP contribution < -0.4 is 10.6 Å². The molecule has 0 spiro atoms. The predicted octanol–water partition coefficient (Wildman–Crippen LogP) is -1.45. The van der Waals surface area contributed by atoms with E-state index in [-0.39, 0.29) is 0 Å². The van der Waals surface area contributed by atoms with Crippen molar-refractivity contribution in [3.63, 3.8) is 0 Å². The maximum Gasteiger partial charge on any atom is 0.0131 e. The van der Waals surface area contributed by atoms with E-state index in [1.165, 1.54) is 0 Å². The fourth-order valence-corrected chi connectivity index (χ4v) is 1.20. The maximum absolute atomic E-state index is 9.78. The molecule has 76 valence electrons. The third kappa shape index (κ3) is 3.53. The minimum Gasteiger partial charge on any atom is -0.529 e. The summed E-state index contributed by atoms with van der Waals surface area (Å²) in [6, 6.07) is 0. The second kappa shape index (κ2) is 6.12. The van der Waals surface area contributed by atoms with Crippen LogP contribution in [0.2, 0.25) is 0 Å². The first-order valence-electron chi connectivity index (χ1n) is 3.96. The number of carbonyl (C=O) groups excluding carboxylic acids is 1. The predicted molar refractivity (Wildman–Crippen MR) is 43.0 cm³/mol. The van der Waals surface area contributed by atoms with Crippen molar-refractivity contribution >= 4 is 6.41 Å². The smallest absolute Gasteiger partial charge is 0.0131 e. The summed E-state index contributed by atoms with van der Waals surface area (Å²) in [6.45, 7) is 5.94. The Kier molecular flexibility index (Phi) is 5.30. The summed E-state index contributed by atoms with van der Waals surface area (Å²) in [5.41, 5.74) is 0. The van der Waals surface area contributed by atoms with Crippen LogP contribution in [0.1, 0.15) is 0 Å². The van der Waals surface area contributed by atoms with Gasteiger partial charge in [0.1, 0.15) is 0 Å². The van der Waals surface area contributed by atoms with Crippen molar-refractivity contribution in [2.24, 2.45) is 0 Å². The number of hydrogen-bond donors (Lipinski definition) is 2. The van der Waals surface area contributed by atoms with Crippen molar-refractivity contribution in [2.75, 3.05) is 39.3 Å². The van der Waals surface area contributed by atoms with E-state index in [1.54, 1.807) is 6.41 Å². The Balaban J connectivity index is 0.00000121. The van der Waals surface area contributed by atoms with E-state index in [1.807, 2.05) is 0 Å². The first-order chi connectivity index (χ1) is 5.43. The van der Waals surface area contributed by atoms with E-state index in [2.05, 4.69) is 15.5 Å². The van der Waals surface area contributed by atoms with Gasteiger partial charge in [0.05, 0.1) is 0 Å². The first-order valence-corrected chi connectivity index (χ1v) is 3.96. The van der Waals surface area contributed by atoms with Crippen molar-refractivity contribution in [3.8, 4) is 0 Å². The molecule has 0 radical (unpaired) electrons. The van der Waals surface area contributed by atoms with Crippen molar-refractivity contribution in [2.45, 2.75) is 0 Å². The van der Waals surface area contributed by atoms with E-state index in [0.717, 1.165) is 32.7 Å². The van der Waals surface area contributed by atoms with Gasteiger partial charge in [-0.3, -0.25) is 4.90 Å². The Morgan fingerprint density at radius 1 is 1.42 bits per heavy atom. The fourth-order valence-electron chi connectivity index (χ4n) is 1.20. The van der Waals surface area contributed by atoms with E-state index in [4.69, 9.17) is 0 Å². The average molecular weight is 413 g/mol. The van der Waals surface area contributed by atoms with Crippen LogP contribution in [0.5, 0.6) is 0 Å². The molecule has 2 N–H and O–H groups in total. The topological polar surface area (TPSA) is 44.4 Å². The molecule has 0 unspecified atom stereocenters. The molecule has 1 aliphatic rings. The molecule has 1 saturated heterocycles. The Hall–Kier alpha value is -1.61. The van der Waals surface area contributed by atoms with E-state index in [0.29, 0.717) is 6.54 Å². The van der Waals surface area contributed by atoms with Gasteiger partial charge in [-0.15, -0.1) is 0 Å². The zero-order chi connectivity index (χ0) is 7.94. The van der Waals surface area contributed by atoms with Crippen LogP contribution in [-0.4, -0.2) is 50.6 Å². The summed E-state index contributed by atoms with van der Waals surface area (Å²) < 4.78 is 0. The Morgan fingerprint density at radius 3 is 2.67 bits per heavy atom. The largest absolute Gasteiger partial charge is 0.529 e. The number of amides is 1.